The number of halogens is 3. The molecule has 0 unspecified atom stereocenters. The standard InChI is InChI=1S/C12H16Cl2N2.ClH/c13-10-7-6-9(12(14)16-10)11(15)8-4-2-1-3-5-8;/h6-8,11H,1-5,15H2;1H/t11-;/m1./s1. The molecule has 0 radical (unpaired) electrons. The van der Waals surface area contributed by atoms with Crippen LogP contribution in [0.3, 0.4) is 0 Å². The Morgan fingerprint density at radius 3 is 2.41 bits per heavy atom. The predicted molar refractivity (Wildman–Crippen MR) is 75.0 cm³/mol. The van der Waals surface area contributed by atoms with Crippen LogP contribution in [0.2, 0.25) is 10.3 Å². The maximum absolute atomic E-state index is 6.25. The molecule has 1 saturated carbocycles. The van der Waals surface area contributed by atoms with Gasteiger partial charge in [-0.3, -0.25) is 0 Å². The van der Waals surface area contributed by atoms with Gasteiger partial charge in [-0.2, -0.15) is 0 Å². The maximum Gasteiger partial charge on any atom is 0.135 e. The number of nitrogens with zero attached hydrogens (tertiary/aromatic N) is 1. The molecule has 1 aliphatic carbocycles. The molecule has 17 heavy (non-hydrogen) atoms. The first-order chi connectivity index (χ1) is 7.68. The monoisotopic (exact) mass is 294 g/mol. The molecule has 1 aromatic heterocycles. The van der Waals surface area contributed by atoms with Crippen molar-refractivity contribution in [3.63, 3.8) is 0 Å². The summed E-state index contributed by atoms with van der Waals surface area (Å²) < 4.78 is 0. The zero-order valence-electron chi connectivity index (χ0n) is 9.53. The number of pyridine rings is 1. The van der Waals surface area contributed by atoms with E-state index < -0.39 is 0 Å². The van der Waals surface area contributed by atoms with Gasteiger partial charge in [0.2, 0.25) is 0 Å². The van der Waals surface area contributed by atoms with Gasteiger partial charge in [0.15, 0.2) is 0 Å². The van der Waals surface area contributed by atoms with Crippen molar-refractivity contribution in [3.05, 3.63) is 28.0 Å². The summed E-state index contributed by atoms with van der Waals surface area (Å²) in [5.41, 5.74) is 7.18. The van der Waals surface area contributed by atoms with E-state index in [9.17, 15) is 0 Å². The Labute approximate surface area is 118 Å². The van der Waals surface area contributed by atoms with Gasteiger partial charge in [-0.1, -0.05) is 48.5 Å². The average molecular weight is 296 g/mol. The van der Waals surface area contributed by atoms with Crippen LogP contribution in [0.25, 0.3) is 0 Å². The van der Waals surface area contributed by atoms with E-state index in [-0.39, 0.29) is 18.4 Å². The van der Waals surface area contributed by atoms with Gasteiger partial charge in [0.25, 0.3) is 0 Å². The van der Waals surface area contributed by atoms with Crippen LogP contribution in [0, 0.1) is 5.92 Å². The van der Waals surface area contributed by atoms with Crippen LogP contribution >= 0.6 is 35.6 Å². The van der Waals surface area contributed by atoms with Crippen molar-refractivity contribution in [2.45, 2.75) is 38.1 Å². The lowest BCUT2D eigenvalue weighted by atomic mass is 9.82. The smallest absolute Gasteiger partial charge is 0.135 e. The van der Waals surface area contributed by atoms with Crippen LogP contribution in [0.4, 0.5) is 0 Å². The quantitative estimate of drug-likeness (QED) is 0.822. The summed E-state index contributed by atoms with van der Waals surface area (Å²) in [5, 5.41) is 0.871. The molecule has 0 amide bonds. The van der Waals surface area contributed by atoms with Crippen molar-refractivity contribution < 1.29 is 0 Å². The molecular weight excluding hydrogens is 279 g/mol. The van der Waals surface area contributed by atoms with Crippen molar-refractivity contribution in [3.8, 4) is 0 Å². The third kappa shape index (κ3) is 3.72. The van der Waals surface area contributed by atoms with E-state index in [1.807, 2.05) is 6.07 Å². The first-order valence-corrected chi connectivity index (χ1v) is 6.51. The number of nitrogens with two attached hydrogens (primary N) is 1. The van der Waals surface area contributed by atoms with E-state index in [1.54, 1.807) is 6.07 Å². The van der Waals surface area contributed by atoms with E-state index in [1.165, 1.54) is 32.1 Å². The molecule has 1 atom stereocenters. The van der Waals surface area contributed by atoms with E-state index in [0.29, 0.717) is 16.2 Å². The molecule has 0 aliphatic heterocycles. The van der Waals surface area contributed by atoms with Gasteiger partial charge in [0, 0.05) is 11.6 Å². The first-order valence-electron chi connectivity index (χ1n) is 5.76. The highest BCUT2D eigenvalue weighted by atomic mass is 35.5. The summed E-state index contributed by atoms with van der Waals surface area (Å²) in [6, 6.07) is 3.65. The van der Waals surface area contributed by atoms with Gasteiger partial charge in [-0.25, -0.2) is 4.98 Å². The summed E-state index contributed by atoms with van der Waals surface area (Å²) in [6.07, 6.45) is 6.27. The van der Waals surface area contributed by atoms with Gasteiger partial charge < -0.3 is 5.73 Å². The zero-order valence-corrected chi connectivity index (χ0v) is 11.9. The highest BCUT2D eigenvalue weighted by Gasteiger charge is 2.23. The van der Waals surface area contributed by atoms with Crippen LogP contribution in [-0.2, 0) is 0 Å². The van der Waals surface area contributed by atoms with Crippen LogP contribution in [0.15, 0.2) is 12.1 Å². The number of hydrogen-bond acceptors (Lipinski definition) is 2. The van der Waals surface area contributed by atoms with Crippen LogP contribution in [0.5, 0.6) is 0 Å². The summed E-state index contributed by atoms with van der Waals surface area (Å²) in [7, 11) is 0. The summed E-state index contributed by atoms with van der Waals surface area (Å²) in [6.45, 7) is 0. The molecule has 1 fully saturated rings. The first kappa shape index (κ1) is 15.0. The number of aromatic nitrogens is 1. The molecule has 0 saturated heterocycles. The molecule has 2 rings (SSSR count). The maximum atomic E-state index is 6.25. The SMILES string of the molecule is Cl.N[C@@H](c1ccc(Cl)nc1Cl)C1CCCCC1. The fourth-order valence-corrected chi connectivity index (χ4v) is 2.89. The Morgan fingerprint density at radius 2 is 1.82 bits per heavy atom. The molecule has 2 N–H and O–H groups in total. The molecule has 1 aromatic rings. The minimum absolute atomic E-state index is 0. The number of hydrogen-bond donors (Lipinski definition) is 1. The molecule has 0 aromatic carbocycles. The fourth-order valence-electron chi connectivity index (χ4n) is 2.42. The average Bonchev–Trinajstić information content (AvgIpc) is 2.29. The molecule has 5 heteroatoms. The minimum Gasteiger partial charge on any atom is -0.324 e. The van der Waals surface area contributed by atoms with E-state index in [2.05, 4.69) is 4.98 Å². The second-order valence-electron chi connectivity index (χ2n) is 4.44. The second-order valence-corrected chi connectivity index (χ2v) is 5.18. The Morgan fingerprint density at radius 1 is 1.18 bits per heavy atom. The lowest BCUT2D eigenvalue weighted by Crippen LogP contribution is -2.24. The van der Waals surface area contributed by atoms with Crippen molar-refractivity contribution >= 4 is 35.6 Å². The molecular formula is C12H17Cl3N2. The van der Waals surface area contributed by atoms with Crippen molar-refractivity contribution in [2.75, 3.05) is 0 Å². The highest BCUT2D eigenvalue weighted by molar-refractivity contribution is 6.32. The van der Waals surface area contributed by atoms with Crippen LogP contribution in [-0.4, -0.2) is 4.98 Å². The molecule has 1 aliphatic rings. The van der Waals surface area contributed by atoms with Gasteiger partial charge in [0.1, 0.15) is 10.3 Å². The minimum atomic E-state index is -0.00225. The molecule has 0 spiro atoms. The topological polar surface area (TPSA) is 38.9 Å². The van der Waals surface area contributed by atoms with E-state index >= 15 is 0 Å². The van der Waals surface area contributed by atoms with Crippen molar-refractivity contribution in [1.82, 2.24) is 4.98 Å². The lowest BCUT2D eigenvalue weighted by molar-refractivity contribution is 0.308. The Hall–Kier alpha value is -0.0200. The molecule has 2 nitrogen and oxygen atoms in total. The Kier molecular flexibility index (Phi) is 6.01. The highest BCUT2D eigenvalue weighted by Crippen LogP contribution is 2.35. The molecule has 0 bridgehead atoms. The fraction of sp³-hybridized carbons (Fsp3) is 0.583. The summed E-state index contributed by atoms with van der Waals surface area (Å²) in [4.78, 5) is 4.04. The summed E-state index contributed by atoms with van der Waals surface area (Å²) in [5.74, 6) is 0.536. The Balaban J connectivity index is 0.00000144. The van der Waals surface area contributed by atoms with Crippen LogP contribution < -0.4 is 5.73 Å². The van der Waals surface area contributed by atoms with Gasteiger partial charge in [-0.05, 0) is 24.8 Å². The van der Waals surface area contributed by atoms with Crippen LogP contribution in [0.1, 0.15) is 43.7 Å². The van der Waals surface area contributed by atoms with E-state index in [0.717, 1.165) is 5.56 Å². The molecule has 1 heterocycles. The molecule has 96 valence electrons. The van der Waals surface area contributed by atoms with Gasteiger partial charge in [-0.15, -0.1) is 12.4 Å². The third-order valence-corrected chi connectivity index (χ3v) is 3.87. The summed E-state index contributed by atoms with van der Waals surface area (Å²) >= 11 is 11.8. The third-order valence-electron chi connectivity index (χ3n) is 3.36. The predicted octanol–water partition coefficient (Wildman–Crippen LogP) is 4.39. The van der Waals surface area contributed by atoms with Gasteiger partial charge in [0.05, 0.1) is 0 Å². The van der Waals surface area contributed by atoms with Crippen molar-refractivity contribution in [2.24, 2.45) is 11.7 Å². The largest absolute Gasteiger partial charge is 0.324 e. The Bertz CT molecular complexity index is 365. The number of rotatable bonds is 2. The normalized spacial score (nSPS) is 18.5. The van der Waals surface area contributed by atoms with Crippen molar-refractivity contribution in [1.29, 1.82) is 0 Å². The zero-order chi connectivity index (χ0) is 11.5. The second kappa shape index (κ2) is 6.79. The van der Waals surface area contributed by atoms with E-state index in [4.69, 9.17) is 28.9 Å². The lowest BCUT2D eigenvalue weighted by Gasteiger charge is -2.28. The van der Waals surface area contributed by atoms with Gasteiger partial charge >= 0.3 is 0 Å².